The largest absolute Gasteiger partial charge is 0.0956 e. The minimum atomic E-state index is 0.506. The van der Waals surface area contributed by atoms with Crippen LogP contribution in [0.3, 0.4) is 0 Å². The van der Waals surface area contributed by atoms with Crippen LogP contribution in [0.1, 0.15) is 47.5 Å². The van der Waals surface area contributed by atoms with Crippen LogP contribution in [0.15, 0.2) is 59.8 Å². The average Bonchev–Trinajstić information content (AvgIpc) is 2.38. The van der Waals surface area contributed by atoms with Crippen molar-refractivity contribution in [1.82, 2.24) is 0 Å². The van der Waals surface area contributed by atoms with E-state index in [1.54, 1.807) is 0 Å². The molecule has 0 unspecified atom stereocenters. The summed E-state index contributed by atoms with van der Waals surface area (Å²) in [6, 6.07) is 0. The molecule has 0 nitrogen and oxygen atoms in total. The van der Waals surface area contributed by atoms with Crippen molar-refractivity contribution < 1.29 is 0 Å². The van der Waals surface area contributed by atoms with Gasteiger partial charge in [0.15, 0.2) is 0 Å². The smallest absolute Gasteiger partial charge is 0.0225 e. The number of allylic oxidation sites excluding steroid dienone is 8. The molecule has 18 heavy (non-hydrogen) atoms. The summed E-state index contributed by atoms with van der Waals surface area (Å²) in [5.41, 5.74) is 5.07. The van der Waals surface area contributed by atoms with Crippen LogP contribution >= 0.6 is 0 Å². The molecular formula is C18H28. The highest BCUT2D eigenvalue weighted by molar-refractivity contribution is 5.43. The molecule has 0 heteroatoms. The van der Waals surface area contributed by atoms with Gasteiger partial charge in [-0.05, 0) is 36.8 Å². The molecule has 1 aliphatic carbocycles. The second-order valence-electron chi connectivity index (χ2n) is 4.79. The Labute approximate surface area is 113 Å². The molecule has 0 saturated heterocycles. The van der Waals surface area contributed by atoms with E-state index in [1.807, 2.05) is 13.8 Å². The van der Waals surface area contributed by atoms with Crippen LogP contribution in [0.5, 0.6) is 0 Å². The summed E-state index contributed by atoms with van der Waals surface area (Å²) in [4.78, 5) is 0. The third-order valence-electron chi connectivity index (χ3n) is 3.01. The number of hydrogen-bond donors (Lipinski definition) is 0. The van der Waals surface area contributed by atoms with Gasteiger partial charge < -0.3 is 0 Å². The summed E-state index contributed by atoms with van der Waals surface area (Å²) in [5.74, 6) is 0.506. The summed E-state index contributed by atoms with van der Waals surface area (Å²) in [7, 11) is 0. The molecular weight excluding hydrogens is 216 g/mol. The third-order valence-corrected chi connectivity index (χ3v) is 3.01. The minimum absolute atomic E-state index is 0.506. The number of hydrogen-bond acceptors (Lipinski definition) is 0. The zero-order chi connectivity index (χ0) is 14.1. The Hall–Kier alpha value is -1.30. The first kappa shape index (κ1) is 16.7. The molecule has 0 heterocycles. The maximum absolute atomic E-state index is 4.11. The fourth-order valence-corrected chi connectivity index (χ4v) is 1.52. The normalized spacial score (nSPS) is 14.8. The van der Waals surface area contributed by atoms with Gasteiger partial charge in [-0.1, -0.05) is 76.3 Å². The molecule has 0 spiro atoms. The molecule has 100 valence electrons. The van der Waals surface area contributed by atoms with Crippen molar-refractivity contribution in [3.8, 4) is 0 Å². The zero-order valence-corrected chi connectivity index (χ0v) is 12.7. The molecule has 0 amide bonds. The van der Waals surface area contributed by atoms with Crippen molar-refractivity contribution in [2.45, 2.75) is 47.5 Å². The van der Waals surface area contributed by atoms with Crippen molar-refractivity contribution in [2.24, 2.45) is 5.92 Å². The van der Waals surface area contributed by atoms with Gasteiger partial charge >= 0.3 is 0 Å². The zero-order valence-electron chi connectivity index (χ0n) is 12.7. The maximum atomic E-state index is 4.11. The molecule has 0 saturated carbocycles. The van der Waals surface area contributed by atoms with E-state index >= 15 is 0 Å². The van der Waals surface area contributed by atoms with Crippen LogP contribution in [0.4, 0.5) is 0 Å². The van der Waals surface area contributed by atoms with Gasteiger partial charge in [0, 0.05) is 0 Å². The highest BCUT2D eigenvalue weighted by Gasteiger charge is 2.04. The Balaban J connectivity index is 0.00000137. The Kier molecular flexibility index (Phi) is 8.11. The lowest BCUT2D eigenvalue weighted by Gasteiger charge is -2.12. The predicted molar refractivity (Wildman–Crippen MR) is 84.7 cm³/mol. The molecule has 1 rings (SSSR count). The SMILES string of the molecule is C=C(/C=C\C(=C)C(C)C)C1=CC=C(C)CC1.CC. The van der Waals surface area contributed by atoms with E-state index in [1.165, 1.54) is 11.1 Å². The Morgan fingerprint density at radius 3 is 2.17 bits per heavy atom. The second kappa shape index (κ2) is 8.74. The van der Waals surface area contributed by atoms with E-state index < -0.39 is 0 Å². The van der Waals surface area contributed by atoms with Crippen LogP contribution in [0.2, 0.25) is 0 Å². The summed E-state index contributed by atoms with van der Waals surface area (Å²) in [5, 5.41) is 0. The van der Waals surface area contributed by atoms with E-state index in [9.17, 15) is 0 Å². The van der Waals surface area contributed by atoms with Gasteiger partial charge in [0.25, 0.3) is 0 Å². The van der Waals surface area contributed by atoms with Gasteiger partial charge in [-0.25, -0.2) is 0 Å². The van der Waals surface area contributed by atoms with Gasteiger partial charge in [-0.3, -0.25) is 0 Å². The number of rotatable bonds is 4. The Morgan fingerprint density at radius 1 is 1.11 bits per heavy atom. The topological polar surface area (TPSA) is 0 Å². The lowest BCUT2D eigenvalue weighted by Crippen LogP contribution is -1.93. The fraction of sp³-hybridized carbons (Fsp3) is 0.444. The van der Waals surface area contributed by atoms with Gasteiger partial charge in [0.2, 0.25) is 0 Å². The minimum Gasteiger partial charge on any atom is -0.0956 e. The van der Waals surface area contributed by atoms with Gasteiger partial charge in [-0.15, -0.1) is 0 Å². The quantitative estimate of drug-likeness (QED) is 0.532. The average molecular weight is 244 g/mol. The maximum Gasteiger partial charge on any atom is -0.0225 e. The van der Waals surface area contributed by atoms with Crippen LogP contribution < -0.4 is 0 Å². The van der Waals surface area contributed by atoms with Crippen LogP contribution in [-0.4, -0.2) is 0 Å². The second-order valence-corrected chi connectivity index (χ2v) is 4.79. The molecule has 0 bridgehead atoms. The molecule has 0 radical (unpaired) electrons. The molecule has 0 aromatic carbocycles. The highest BCUT2D eigenvalue weighted by Crippen LogP contribution is 2.24. The monoisotopic (exact) mass is 244 g/mol. The summed E-state index contributed by atoms with van der Waals surface area (Å²) in [6.07, 6.45) is 10.8. The van der Waals surface area contributed by atoms with Crippen LogP contribution in [0.25, 0.3) is 0 Å². The molecule has 0 aromatic heterocycles. The molecule has 0 aliphatic heterocycles. The highest BCUT2D eigenvalue weighted by atomic mass is 14.1. The van der Waals surface area contributed by atoms with E-state index in [0.29, 0.717) is 5.92 Å². The van der Waals surface area contributed by atoms with Crippen molar-refractivity contribution in [2.75, 3.05) is 0 Å². The lowest BCUT2D eigenvalue weighted by molar-refractivity contribution is 0.795. The van der Waals surface area contributed by atoms with Crippen LogP contribution in [0, 0.1) is 5.92 Å². The molecule has 0 N–H and O–H groups in total. The van der Waals surface area contributed by atoms with Gasteiger partial charge in [0.1, 0.15) is 0 Å². The molecule has 0 atom stereocenters. The first-order chi connectivity index (χ1) is 8.50. The summed E-state index contributed by atoms with van der Waals surface area (Å²) < 4.78 is 0. The molecule has 0 aromatic rings. The van der Waals surface area contributed by atoms with E-state index in [-0.39, 0.29) is 0 Å². The predicted octanol–water partition coefficient (Wildman–Crippen LogP) is 6.00. The fourth-order valence-electron chi connectivity index (χ4n) is 1.52. The first-order valence-corrected chi connectivity index (χ1v) is 6.93. The van der Waals surface area contributed by atoms with Crippen molar-refractivity contribution in [3.05, 3.63) is 59.8 Å². The first-order valence-electron chi connectivity index (χ1n) is 6.93. The van der Waals surface area contributed by atoms with E-state index in [0.717, 1.165) is 24.0 Å². The molecule has 1 aliphatic rings. The Morgan fingerprint density at radius 2 is 1.72 bits per heavy atom. The van der Waals surface area contributed by atoms with Crippen molar-refractivity contribution in [1.29, 1.82) is 0 Å². The van der Waals surface area contributed by atoms with E-state index in [2.05, 4.69) is 58.2 Å². The summed E-state index contributed by atoms with van der Waals surface area (Å²) in [6.45, 7) is 18.6. The van der Waals surface area contributed by atoms with E-state index in [4.69, 9.17) is 0 Å². The lowest BCUT2D eigenvalue weighted by atomic mass is 9.93. The molecule has 0 fully saturated rings. The van der Waals surface area contributed by atoms with Gasteiger partial charge in [-0.2, -0.15) is 0 Å². The summed E-state index contributed by atoms with van der Waals surface area (Å²) >= 11 is 0. The Bertz CT molecular complexity index is 373. The van der Waals surface area contributed by atoms with Crippen LogP contribution in [-0.2, 0) is 0 Å². The van der Waals surface area contributed by atoms with Crippen molar-refractivity contribution in [3.63, 3.8) is 0 Å². The van der Waals surface area contributed by atoms with Crippen molar-refractivity contribution >= 4 is 0 Å². The third kappa shape index (κ3) is 5.86. The standard InChI is InChI=1S/C16H22.C2H6/c1-12(2)14(4)8-9-15(5)16-10-6-13(3)7-11-16;1-2/h6,8-10,12H,4-5,7,11H2,1-3H3;1-2H3/b9-8-;. The van der Waals surface area contributed by atoms with Gasteiger partial charge in [0.05, 0.1) is 0 Å².